The molecular weight excluding hydrogens is 350 g/mol. The van der Waals surface area contributed by atoms with E-state index in [1.807, 2.05) is 4.90 Å². The zero-order chi connectivity index (χ0) is 19.4. The molecule has 2 fully saturated rings. The average molecular weight is 375 g/mol. The number of likely N-dealkylation sites (tertiary alicyclic amines) is 1. The van der Waals surface area contributed by atoms with Crippen LogP contribution in [0.15, 0.2) is 18.2 Å². The van der Waals surface area contributed by atoms with E-state index in [2.05, 4.69) is 0 Å². The molecule has 0 aromatic heterocycles. The second-order valence-corrected chi connectivity index (χ2v) is 7.09. The van der Waals surface area contributed by atoms with Crippen LogP contribution in [0.2, 0.25) is 0 Å². The van der Waals surface area contributed by atoms with Gasteiger partial charge in [-0.15, -0.1) is 0 Å². The summed E-state index contributed by atoms with van der Waals surface area (Å²) in [4.78, 5) is 39.5. The quantitative estimate of drug-likeness (QED) is 0.446. The summed E-state index contributed by atoms with van der Waals surface area (Å²) < 4.78 is 5.29. The van der Waals surface area contributed by atoms with Crippen molar-refractivity contribution in [1.29, 1.82) is 0 Å². The molecular formula is C19H25N3O5. The second-order valence-electron chi connectivity index (χ2n) is 7.09. The SMILES string of the molecule is C[C@@H](OC(=O)c1ccc(N2CCCC2)c([N+](=O)[O-])c1)C(=O)N1CCCCC1. The van der Waals surface area contributed by atoms with Crippen molar-refractivity contribution >= 4 is 23.3 Å². The van der Waals surface area contributed by atoms with Crippen molar-refractivity contribution in [1.82, 2.24) is 4.90 Å². The van der Waals surface area contributed by atoms with E-state index >= 15 is 0 Å². The van der Waals surface area contributed by atoms with Crippen LogP contribution < -0.4 is 4.90 Å². The average Bonchev–Trinajstić information content (AvgIpc) is 3.22. The van der Waals surface area contributed by atoms with Gasteiger partial charge in [0.05, 0.1) is 10.5 Å². The number of rotatable bonds is 5. The van der Waals surface area contributed by atoms with Gasteiger partial charge in [0, 0.05) is 32.2 Å². The third kappa shape index (κ3) is 4.37. The van der Waals surface area contributed by atoms with Gasteiger partial charge in [-0.25, -0.2) is 4.79 Å². The fourth-order valence-corrected chi connectivity index (χ4v) is 3.67. The number of benzene rings is 1. The molecule has 0 aliphatic carbocycles. The molecule has 3 rings (SSSR count). The number of amides is 1. The highest BCUT2D eigenvalue weighted by Crippen LogP contribution is 2.32. The Labute approximate surface area is 158 Å². The Kier molecular flexibility index (Phi) is 5.93. The van der Waals surface area contributed by atoms with Crippen molar-refractivity contribution in [2.24, 2.45) is 0 Å². The normalized spacial score (nSPS) is 18.3. The van der Waals surface area contributed by atoms with Crippen LogP contribution >= 0.6 is 0 Å². The van der Waals surface area contributed by atoms with Gasteiger partial charge in [-0.2, -0.15) is 0 Å². The summed E-state index contributed by atoms with van der Waals surface area (Å²) >= 11 is 0. The summed E-state index contributed by atoms with van der Waals surface area (Å²) in [6.07, 6.45) is 4.10. The van der Waals surface area contributed by atoms with Crippen LogP contribution in [0, 0.1) is 10.1 Å². The van der Waals surface area contributed by atoms with Crippen molar-refractivity contribution in [3.63, 3.8) is 0 Å². The Hall–Kier alpha value is -2.64. The van der Waals surface area contributed by atoms with Crippen molar-refractivity contribution in [2.45, 2.75) is 45.1 Å². The molecule has 0 spiro atoms. The Morgan fingerprint density at radius 3 is 2.33 bits per heavy atom. The summed E-state index contributed by atoms with van der Waals surface area (Å²) in [6, 6.07) is 4.37. The van der Waals surface area contributed by atoms with Gasteiger partial charge in [-0.3, -0.25) is 14.9 Å². The summed E-state index contributed by atoms with van der Waals surface area (Å²) in [5.74, 6) is -0.935. The summed E-state index contributed by atoms with van der Waals surface area (Å²) in [6.45, 7) is 4.44. The van der Waals surface area contributed by atoms with Crippen LogP contribution in [-0.2, 0) is 9.53 Å². The number of ether oxygens (including phenoxy) is 1. The van der Waals surface area contributed by atoms with Crippen LogP contribution in [0.4, 0.5) is 11.4 Å². The monoisotopic (exact) mass is 375 g/mol. The van der Waals surface area contributed by atoms with Gasteiger partial charge in [0.15, 0.2) is 6.10 Å². The standard InChI is InChI=1S/C19H25N3O5/c1-14(18(23)21-11-3-2-4-12-21)27-19(24)15-7-8-16(17(13-15)22(25)26)20-9-5-6-10-20/h7-8,13-14H,2-6,9-12H2,1H3/t14-/m1/s1. The molecule has 1 amide bonds. The molecule has 0 radical (unpaired) electrons. The van der Waals surface area contributed by atoms with E-state index in [0.29, 0.717) is 18.8 Å². The van der Waals surface area contributed by atoms with E-state index < -0.39 is 17.0 Å². The van der Waals surface area contributed by atoms with Crippen molar-refractivity contribution in [3.05, 3.63) is 33.9 Å². The third-order valence-electron chi connectivity index (χ3n) is 5.15. The third-order valence-corrected chi connectivity index (χ3v) is 5.15. The number of esters is 1. The van der Waals surface area contributed by atoms with Gasteiger partial charge in [-0.1, -0.05) is 0 Å². The molecule has 0 bridgehead atoms. The predicted molar refractivity (Wildman–Crippen MR) is 99.9 cm³/mol. The summed E-state index contributed by atoms with van der Waals surface area (Å²) in [5.41, 5.74) is 0.496. The van der Waals surface area contributed by atoms with Gasteiger partial charge in [0.2, 0.25) is 0 Å². The molecule has 1 atom stereocenters. The maximum Gasteiger partial charge on any atom is 0.339 e. The lowest BCUT2D eigenvalue weighted by molar-refractivity contribution is -0.384. The number of nitro groups is 1. The first-order valence-corrected chi connectivity index (χ1v) is 9.50. The van der Waals surface area contributed by atoms with Crippen molar-refractivity contribution in [2.75, 3.05) is 31.1 Å². The van der Waals surface area contributed by atoms with Gasteiger partial charge in [-0.05, 0) is 51.2 Å². The maximum absolute atomic E-state index is 12.4. The van der Waals surface area contributed by atoms with Gasteiger partial charge in [0.1, 0.15) is 5.69 Å². The molecule has 1 aromatic rings. The van der Waals surface area contributed by atoms with Crippen LogP contribution in [-0.4, -0.2) is 54.0 Å². The number of hydrogen-bond donors (Lipinski definition) is 0. The smallest absolute Gasteiger partial charge is 0.339 e. The van der Waals surface area contributed by atoms with Crippen LogP contribution in [0.5, 0.6) is 0 Å². The lowest BCUT2D eigenvalue weighted by Gasteiger charge is -2.28. The molecule has 2 saturated heterocycles. The van der Waals surface area contributed by atoms with Gasteiger partial charge < -0.3 is 14.5 Å². The number of carbonyl (C=O) groups excluding carboxylic acids is 2. The first kappa shape index (κ1) is 19.1. The second kappa shape index (κ2) is 8.37. The Bertz CT molecular complexity index is 724. The minimum atomic E-state index is -0.909. The molecule has 27 heavy (non-hydrogen) atoms. The van der Waals surface area contributed by atoms with Gasteiger partial charge >= 0.3 is 5.97 Å². The van der Waals surface area contributed by atoms with E-state index in [9.17, 15) is 19.7 Å². The lowest BCUT2D eigenvalue weighted by Crippen LogP contribution is -2.42. The Morgan fingerprint density at radius 1 is 1.07 bits per heavy atom. The van der Waals surface area contributed by atoms with E-state index in [1.165, 1.54) is 12.1 Å². The van der Waals surface area contributed by atoms with Gasteiger partial charge in [0.25, 0.3) is 11.6 Å². The van der Waals surface area contributed by atoms with E-state index in [-0.39, 0.29) is 17.2 Å². The minimum Gasteiger partial charge on any atom is -0.449 e. The van der Waals surface area contributed by atoms with Crippen LogP contribution in [0.3, 0.4) is 0 Å². The topological polar surface area (TPSA) is 93.0 Å². The van der Waals surface area contributed by atoms with Crippen LogP contribution in [0.25, 0.3) is 0 Å². The maximum atomic E-state index is 12.4. The number of hydrogen-bond acceptors (Lipinski definition) is 6. The minimum absolute atomic E-state index is 0.0861. The molecule has 0 unspecified atom stereocenters. The first-order valence-electron chi connectivity index (χ1n) is 9.50. The lowest BCUT2D eigenvalue weighted by atomic mass is 10.1. The van der Waals surface area contributed by atoms with E-state index in [4.69, 9.17) is 4.74 Å². The van der Waals surface area contributed by atoms with Crippen LogP contribution in [0.1, 0.15) is 49.4 Å². The molecule has 0 saturated carbocycles. The number of nitro benzene ring substituents is 1. The molecule has 146 valence electrons. The molecule has 2 heterocycles. The zero-order valence-electron chi connectivity index (χ0n) is 15.6. The molecule has 8 nitrogen and oxygen atoms in total. The Morgan fingerprint density at radius 2 is 1.70 bits per heavy atom. The van der Waals surface area contributed by atoms with E-state index in [0.717, 1.165) is 45.2 Å². The fraction of sp³-hybridized carbons (Fsp3) is 0.579. The zero-order valence-corrected chi connectivity index (χ0v) is 15.6. The highest BCUT2D eigenvalue weighted by molar-refractivity contribution is 5.93. The van der Waals surface area contributed by atoms with Crippen molar-refractivity contribution in [3.8, 4) is 0 Å². The molecule has 2 aliphatic rings. The largest absolute Gasteiger partial charge is 0.449 e. The summed E-state index contributed by atoms with van der Waals surface area (Å²) in [7, 11) is 0. The first-order chi connectivity index (χ1) is 13.0. The number of nitrogens with zero attached hydrogens (tertiary/aromatic N) is 3. The highest BCUT2D eigenvalue weighted by Gasteiger charge is 2.28. The Balaban J connectivity index is 1.71. The number of carbonyl (C=O) groups is 2. The molecule has 1 aromatic carbocycles. The molecule has 8 heteroatoms. The predicted octanol–water partition coefficient (Wildman–Crippen LogP) is 2.75. The number of piperidine rings is 1. The molecule has 0 N–H and O–H groups in total. The van der Waals surface area contributed by atoms with Crippen molar-refractivity contribution < 1.29 is 19.2 Å². The molecule has 2 aliphatic heterocycles. The fourth-order valence-electron chi connectivity index (χ4n) is 3.67. The summed E-state index contributed by atoms with van der Waals surface area (Å²) in [5, 5.41) is 11.5. The van der Waals surface area contributed by atoms with E-state index in [1.54, 1.807) is 17.9 Å². The number of anilines is 1. The highest BCUT2D eigenvalue weighted by atomic mass is 16.6.